The predicted octanol–water partition coefficient (Wildman–Crippen LogP) is 2.28. The lowest BCUT2D eigenvalue weighted by molar-refractivity contribution is 0.0699. The van der Waals surface area contributed by atoms with Gasteiger partial charge in [-0.1, -0.05) is 26.0 Å². The Balaban J connectivity index is 1.96. The minimum absolute atomic E-state index is 0.439. The maximum Gasteiger partial charge on any atom is 0.0917 e. The first-order chi connectivity index (χ1) is 8.54. The molecule has 1 aliphatic rings. The third-order valence-electron chi connectivity index (χ3n) is 3.67. The van der Waals surface area contributed by atoms with Crippen LogP contribution in [-0.4, -0.2) is 29.6 Å². The van der Waals surface area contributed by atoms with E-state index in [9.17, 15) is 5.11 Å². The van der Waals surface area contributed by atoms with Crippen LogP contribution in [0.15, 0.2) is 24.3 Å². The number of rotatable bonds is 3. The van der Waals surface area contributed by atoms with Crippen molar-refractivity contribution in [3.05, 3.63) is 29.8 Å². The van der Waals surface area contributed by atoms with E-state index >= 15 is 0 Å². The fourth-order valence-electron chi connectivity index (χ4n) is 3.06. The molecule has 0 aromatic heterocycles. The fraction of sp³-hybridized carbons (Fsp3) is 0.600. The summed E-state index contributed by atoms with van der Waals surface area (Å²) in [6.07, 6.45) is 0.858. The Bertz CT molecular complexity index is 384. The van der Waals surface area contributed by atoms with Gasteiger partial charge in [-0.05, 0) is 36.0 Å². The Kier molecular flexibility index (Phi) is 4.25. The monoisotopic (exact) mass is 248 g/mol. The van der Waals surface area contributed by atoms with Gasteiger partial charge in [0.05, 0.1) is 6.10 Å². The first-order valence-corrected chi connectivity index (χ1v) is 6.80. The molecule has 0 amide bonds. The fourth-order valence-corrected chi connectivity index (χ4v) is 3.06. The number of anilines is 1. The van der Waals surface area contributed by atoms with Crippen LogP contribution in [0.1, 0.15) is 31.9 Å². The van der Waals surface area contributed by atoms with Crippen molar-refractivity contribution in [2.24, 2.45) is 11.8 Å². The molecule has 0 saturated carbocycles. The highest BCUT2D eigenvalue weighted by molar-refractivity contribution is 5.41. The molecular formula is C15H24N2O. The molecule has 1 fully saturated rings. The maximum atomic E-state index is 10.3. The van der Waals surface area contributed by atoms with Crippen LogP contribution in [0.5, 0.6) is 0 Å². The third-order valence-corrected chi connectivity index (χ3v) is 3.67. The van der Waals surface area contributed by atoms with E-state index in [1.54, 1.807) is 0 Å². The molecule has 3 N–H and O–H groups in total. The van der Waals surface area contributed by atoms with Gasteiger partial charge in [-0.2, -0.15) is 0 Å². The highest BCUT2D eigenvalue weighted by atomic mass is 16.3. The van der Waals surface area contributed by atoms with Crippen LogP contribution in [0.25, 0.3) is 0 Å². The zero-order valence-electron chi connectivity index (χ0n) is 11.3. The highest BCUT2D eigenvalue weighted by Gasteiger charge is 2.23. The number of β-amino-alcohol motifs (C(OH)–C–C–N with tert-alkyl or cyclic N) is 1. The van der Waals surface area contributed by atoms with E-state index in [1.807, 2.05) is 24.3 Å². The van der Waals surface area contributed by atoms with Crippen molar-refractivity contribution in [3.8, 4) is 0 Å². The van der Waals surface area contributed by atoms with Gasteiger partial charge < -0.3 is 10.8 Å². The third kappa shape index (κ3) is 3.47. The molecule has 2 rings (SSSR count). The number of likely N-dealkylation sites (tertiary alicyclic amines) is 1. The smallest absolute Gasteiger partial charge is 0.0917 e. The van der Waals surface area contributed by atoms with Crippen molar-refractivity contribution in [1.82, 2.24) is 4.90 Å². The lowest BCUT2D eigenvalue weighted by Gasteiger charge is -2.36. The van der Waals surface area contributed by atoms with Gasteiger partial charge >= 0.3 is 0 Å². The Morgan fingerprint density at radius 2 is 2.00 bits per heavy atom. The standard InChI is InChI=1S/C15H24N2O/c1-11-6-12(2)9-17(8-11)10-15(18)13-4-3-5-14(16)7-13/h3-5,7,11-12,15,18H,6,8-10,16H2,1-2H3. The largest absolute Gasteiger partial charge is 0.399 e. The molecule has 18 heavy (non-hydrogen) atoms. The second-order valence-electron chi connectivity index (χ2n) is 5.85. The van der Waals surface area contributed by atoms with E-state index in [1.165, 1.54) is 6.42 Å². The quantitative estimate of drug-likeness (QED) is 0.807. The normalized spacial score (nSPS) is 27.1. The van der Waals surface area contributed by atoms with E-state index < -0.39 is 6.10 Å². The number of hydrogen-bond acceptors (Lipinski definition) is 3. The maximum absolute atomic E-state index is 10.3. The summed E-state index contributed by atoms with van der Waals surface area (Å²) in [7, 11) is 0. The number of hydrogen-bond donors (Lipinski definition) is 2. The van der Waals surface area contributed by atoms with Crippen LogP contribution in [0.3, 0.4) is 0 Å². The lowest BCUT2D eigenvalue weighted by Crippen LogP contribution is -2.40. The number of aliphatic hydroxyl groups excluding tert-OH is 1. The number of nitrogens with zero attached hydrogens (tertiary/aromatic N) is 1. The number of nitrogen functional groups attached to an aromatic ring is 1. The molecule has 1 aromatic rings. The van der Waals surface area contributed by atoms with Crippen LogP contribution >= 0.6 is 0 Å². The first-order valence-electron chi connectivity index (χ1n) is 6.80. The van der Waals surface area contributed by atoms with Crippen LogP contribution in [0, 0.1) is 11.8 Å². The molecule has 0 aliphatic carbocycles. The summed E-state index contributed by atoms with van der Waals surface area (Å²) in [5.74, 6) is 1.45. The molecule has 1 aliphatic heterocycles. The molecule has 3 nitrogen and oxygen atoms in total. The second-order valence-corrected chi connectivity index (χ2v) is 5.85. The summed E-state index contributed by atoms with van der Waals surface area (Å²) in [5, 5.41) is 10.3. The second kappa shape index (κ2) is 5.72. The van der Waals surface area contributed by atoms with E-state index in [-0.39, 0.29) is 0 Å². The number of benzene rings is 1. The summed E-state index contributed by atoms with van der Waals surface area (Å²) >= 11 is 0. The SMILES string of the molecule is CC1CC(C)CN(CC(O)c2cccc(N)c2)C1. The van der Waals surface area contributed by atoms with Crippen LogP contribution in [0.4, 0.5) is 5.69 Å². The van der Waals surface area contributed by atoms with E-state index in [0.717, 1.165) is 30.5 Å². The van der Waals surface area contributed by atoms with Gasteiger partial charge in [0.15, 0.2) is 0 Å². The van der Waals surface area contributed by atoms with Crippen molar-refractivity contribution in [1.29, 1.82) is 0 Å². The van der Waals surface area contributed by atoms with Gasteiger partial charge in [0, 0.05) is 25.3 Å². The van der Waals surface area contributed by atoms with Gasteiger partial charge in [0.2, 0.25) is 0 Å². The summed E-state index contributed by atoms with van der Waals surface area (Å²) in [5.41, 5.74) is 7.38. The molecule has 0 spiro atoms. The summed E-state index contributed by atoms with van der Waals surface area (Å²) in [6, 6.07) is 7.55. The molecule has 3 heteroatoms. The van der Waals surface area contributed by atoms with Crippen molar-refractivity contribution in [2.75, 3.05) is 25.4 Å². The molecule has 1 saturated heterocycles. The summed E-state index contributed by atoms with van der Waals surface area (Å²) < 4.78 is 0. The lowest BCUT2D eigenvalue weighted by atomic mass is 9.91. The molecular weight excluding hydrogens is 224 g/mol. The van der Waals surface area contributed by atoms with E-state index in [2.05, 4.69) is 18.7 Å². The minimum atomic E-state index is -0.439. The van der Waals surface area contributed by atoms with Crippen molar-refractivity contribution >= 4 is 5.69 Å². The topological polar surface area (TPSA) is 49.5 Å². The first kappa shape index (κ1) is 13.4. The van der Waals surface area contributed by atoms with Crippen molar-refractivity contribution in [3.63, 3.8) is 0 Å². The summed E-state index contributed by atoms with van der Waals surface area (Å²) in [6.45, 7) is 7.46. The number of piperidine rings is 1. The Morgan fingerprint density at radius 1 is 1.33 bits per heavy atom. The number of nitrogens with two attached hydrogens (primary N) is 1. The number of aliphatic hydroxyl groups is 1. The molecule has 0 bridgehead atoms. The molecule has 3 unspecified atom stereocenters. The minimum Gasteiger partial charge on any atom is -0.399 e. The molecule has 1 aromatic carbocycles. The van der Waals surface area contributed by atoms with Crippen LogP contribution in [-0.2, 0) is 0 Å². The Hall–Kier alpha value is -1.06. The van der Waals surface area contributed by atoms with Gasteiger partial charge in [-0.3, -0.25) is 4.90 Å². The van der Waals surface area contributed by atoms with E-state index in [0.29, 0.717) is 12.2 Å². The zero-order valence-corrected chi connectivity index (χ0v) is 11.3. The predicted molar refractivity (Wildman–Crippen MR) is 75.2 cm³/mol. The van der Waals surface area contributed by atoms with Crippen molar-refractivity contribution in [2.45, 2.75) is 26.4 Å². The molecule has 0 radical (unpaired) electrons. The highest BCUT2D eigenvalue weighted by Crippen LogP contribution is 2.24. The van der Waals surface area contributed by atoms with Crippen LogP contribution < -0.4 is 5.73 Å². The van der Waals surface area contributed by atoms with E-state index in [4.69, 9.17) is 5.73 Å². The average Bonchev–Trinajstić information content (AvgIpc) is 2.27. The van der Waals surface area contributed by atoms with Gasteiger partial charge in [-0.25, -0.2) is 0 Å². The van der Waals surface area contributed by atoms with Gasteiger partial charge in [-0.15, -0.1) is 0 Å². The van der Waals surface area contributed by atoms with Crippen molar-refractivity contribution < 1.29 is 5.11 Å². The Morgan fingerprint density at radius 3 is 2.61 bits per heavy atom. The zero-order chi connectivity index (χ0) is 13.1. The average molecular weight is 248 g/mol. The van der Waals surface area contributed by atoms with Gasteiger partial charge in [0.1, 0.15) is 0 Å². The molecule has 100 valence electrons. The molecule has 3 atom stereocenters. The van der Waals surface area contributed by atoms with Gasteiger partial charge in [0.25, 0.3) is 0 Å². The summed E-state index contributed by atoms with van der Waals surface area (Å²) in [4.78, 5) is 2.37. The molecule has 1 heterocycles. The van der Waals surface area contributed by atoms with Crippen LogP contribution in [0.2, 0.25) is 0 Å². The Labute approximate surface area is 110 Å².